The van der Waals surface area contributed by atoms with Gasteiger partial charge in [-0.1, -0.05) is 0 Å². The lowest BCUT2D eigenvalue weighted by atomic mass is 9.74. The summed E-state index contributed by atoms with van der Waals surface area (Å²) in [5.41, 5.74) is 0.729. The number of nitrogens with zero attached hydrogens (tertiary/aromatic N) is 1. The van der Waals surface area contributed by atoms with Crippen LogP contribution >= 0.6 is 0 Å². The van der Waals surface area contributed by atoms with E-state index >= 15 is 0 Å². The zero-order valence-corrected chi connectivity index (χ0v) is 6.69. The predicted molar refractivity (Wildman–Crippen MR) is 42.0 cm³/mol. The van der Waals surface area contributed by atoms with Crippen LogP contribution in [0.25, 0.3) is 0 Å². The van der Waals surface area contributed by atoms with E-state index in [1.54, 1.807) is 0 Å². The van der Waals surface area contributed by atoms with Crippen LogP contribution in [-0.2, 0) is 0 Å². The molecule has 2 heteroatoms. The summed E-state index contributed by atoms with van der Waals surface area (Å²) in [6, 6.07) is 0. The van der Waals surface area contributed by atoms with Gasteiger partial charge in [0.05, 0.1) is 0 Å². The second kappa shape index (κ2) is 2.21. The average Bonchev–Trinajstić information content (AvgIpc) is 1.86. The smallest absolute Gasteiger partial charge is 0.00212 e. The van der Waals surface area contributed by atoms with Crippen molar-refractivity contribution in [2.45, 2.75) is 12.8 Å². The third kappa shape index (κ3) is 0.956. The maximum absolute atomic E-state index is 3.37. The van der Waals surface area contributed by atoms with Crippen molar-refractivity contribution in [2.75, 3.05) is 33.2 Å². The van der Waals surface area contributed by atoms with Gasteiger partial charge in [-0.15, -0.1) is 0 Å². The number of hydrogen-bond donors (Lipinski definition) is 1. The van der Waals surface area contributed by atoms with Gasteiger partial charge >= 0.3 is 0 Å². The summed E-state index contributed by atoms with van der Waals surface area (Å²) >= 11 is 0. The molecule has 58 valence electrons. The molecule has 1 N–H and O–H groups in total. The van der Waals surface area contributed by atoms with E-state index in [0.29, 0.717) is 0 Å². The Kier molecular flexibility index (Phi) is 1.46. The molecule has 0 amide bonds. The molecule has 0 atom stereocenters. The summed E-state index contributed by atoms with van der Waals surface area (Å²) in [5.74, 6) is 0. The highest BCUT2D eigenvalue weighted by Crippen LogP contribution is 2.34. The maximum atomic E-state index is 3.37. The summed E-state index contributed by atoms with van der Waals surface area (Å²) in [7, 11) is 2.22. The van der Waals surface area contributed by atoms with Crippen LogP contribution in [0.4, 0.5) is 0 Å². The quantitative estimate of drug-likeness (QED) is 0.520. The first-order valence-corrected chi connectivity index (χ1v) is 4.20. The normalized spacial score (nSPS) is 32.1. The fourth-order valence-electron chi connectivity index (χ4n) is 1.92. The Morgan fingerprint density at radius 2 is 1.80 bits per heavy atom. The van der Waals surface area contributed by atoms with E-state index in [2.05, 4.69) is 17.3 Å². The fourth-order valence-corrected chi connectivity index (χ4v) is 1.92. The Balaban J connectivity index is 1.90. The molecule has 0 bridgehead atoms. The van der Waals surface area contributed by atoms with Crippen LogP contribution in [0.5, 0.6) is 0 Å². The van der Waals surface area contributed by atoms with Crippen LogP contribution in [-0.4, -0.2) is 38.1 Å². The number of nitrogens with one attached hydrogen (secondary N) is 1. The Labute approximate surface area is 62.6 Å². The highest BCUT2D eigenvalue weighted by atomic mass is 15.1. The van der Waals surface area contributed by atoms with Crippen LogP contribution in [0.3, 0.4) is 0 Å². The van der Waals surface area contributed by atoms with Crippen molar-refractivity contribution in [1.82, 2.24) is 10.2 Å². The van der Waals surface area contributed by atoms with Crippen molar-refractivity contribution in [3.8, 4) is 0 Å². The van der Waals surface area contributed by atoms with Gasteiger partial charge in [0, 0.05) is 13.1 Å². The molecule has 0 aromatic carbocycles. The lowest BCUT2D eigenvalue weighted by Gasteiger charge is -2.47. The van der Waals surface area contributed by atoms with Gasteiger partial charge in [0.2, 0.25) is 0 Å². The third-order valence-corrected chi connectivity index (χ3v) is 3.05. The van der Waals surface area contributed by atoms with E-state index in [9.17, 15) is 0 Å². The van der Waals surface area contributed by atoms with Crippen molar-refractivity contribution < 1.29 is 0 Å². The van der Waals surface area contributed by atoms with Gasteiger partial charge in [-0.3, -0.25) is 0 Å². The third-order valence-electron chi connectivity index (χ3n) is 3.05. The van der Waals surface area contributed by atoms with E-state index in [-0.39, 0.29) is 0 Å². The van der Waals surface area contributed by atoms with Gasteiger partial charge in [-0.2, -0.15) is 0 Å². The number of likely N-dealkylation sites (tertiary alicyclic amines) is 1. The first kappa shape index (κ1) is 6.62. The topological polar surface area (TPSA) is 15.3 Å². The fraction of sp³-hybridized carbons (Fsp3) is 1.00. The first-order valence-electron chi connectivity index (χ1n) is 4.20. The van der Waals surface area contributed by atoms with Gasteiger partial charge in [-0.25, -0.2) is 0 Å². The Morgan fingerprint density at radius 1 is 1.20 bits per heavy atom. The molecule has 2 fully saturated rings. The second-order valence-corrected chi connectivity index (χ2v) is 3.91. The van der Waals surface area contributed by atoms with E-state index in [1.807, 2.05) is 0 Å². The van der Waals surface area contributed by atoms with E-state index < -0.39 is 0 Å². The largest absolute Gasteiger partial charge is 0.316 e. The van der Waals surface area contributed by atoms with Crippen molar-refractivity contribution in [2.24, 2.45) is 5.41 Å². The zero-order chi connectivity index (χ0) is 7.03. The minimum atomic E-state index is 0.729. The van der Waals surface area contributed by atoms with Crippen LogP contribution < -0.4 is 5.32 Å². The number of hydrogen-bond acceptors (Lipinski definition) is 2. The molecule has 2 aliphatic rings. The lowest BCUT2D eigenvalue weighted by molar-refractivity contribution is 0.0671. The SMILES string of the molecule is CN1CCC2(CC1)CNC2. The van der Waals surface area contributed by atoms with Gasteiger partial charge in [-0.05, 0) is 38.4 Å². The number of piperidine rings is 1. The molecular formula is C8H16N2. The average molecular weight is 140 g/mol. The summed E-state index contributed by atoms with van der Waals surface area (Å²) in [4.78, 5) is 2.43. The molecule has 2 nitrogen and oxygen atoms in total. The van der Waals surface area contributed by atoms with E-state index in [0.717, 1.165) is 5.41 Å². The van der Waals surface area contributed by atoms with Gasteiger partial charge < -0.3 is 10.2 Å². The molecular weight excluding hydrogens is 124 g/mol. The van der Waals surface area contributed by atoms with Crippen molar-refractivity contribution in [3.05, 3.63) is 0 Å². The molecule has 0 aromatic rings. The van der Waals surface area contributed by atoms with Crippen LogP contribution in [0, 0.1) is 5.41 Å². The first-order chi connectivity index (χ1) is 4.81. The van der Waals surface area contributed by atoms with Crippen molar-refractivity contribution >= 4 is 0 Å². The lowest BCUT2D eigenvalue weighted by Crippen LogP contribution is -2.57. The number of rotatable bonds is 0. The van der Waals surface area contributed by atoms with Gasteiger partial charge in [0.1, 0.15) is 0 Å². The minimum absolute atomic E-state index is 0.729. The zero-order valence-electron chi connectivity index (χ0n) is 6.69. The summed E-state index contributed by atoms with van der Waals surface area (Å²) < 4.78 is 0. The van der Waals surface area contributed by atoms with E-state index in [4.69, 9.17) is 0 Å². The molecule has 0 aliphatic carbocycles. The molecule has 0 saturated carbocycles. The standard InChI is InChI=1S/C8H16N2/c1-10-4-2-8(3-5-10)6-9-7-8/h9H,2-7H2,1H3. The Morgan fingerprint density at radius 3 is 2.20 bits per heavy atom. The maximum Gasteiger partial charge on any atom is 0.00212 e. The van der Waals surface area contributed by atoms with Crippen LogP contribution in [0.15, 0.2) is 0 Å². The van der Waals surface area contributed by atoms with Crippen LogP contribution in [0.1, 0.15) is 12.8 Å². The Bertz CT molecular complexity index is 119. The molecule has 1 spiro atoms. The molecule has 2 aliphatic heterocycles. The van der Waals surface area contributed by atoms with E-state index in [1.165, 1.54) is 39.0 Å². The van der Waals surface area contributed by atoms with Gasteiger partial charge in [0.25, 0.3) is 0 Å². The highest BCUT2D eigenvalue weighted by Gasteiger charge is 2.38. The minimum Gasteiger partial charge on any atom is -0.316 e. The Hall–Kier alpha value is -0.0800. The molecule has 2 saturated heterocycles. The van der Waals surface area contributed by atoms with Crippen molar-refractivity contribution in [1.29, 1.82) is 0 Å². The monoisotopic (exact) mass is 140 g/mol. The molecule has 2 heterocycles. The highest BCUT2D eigenvalue weighted by molar-refractivity contribution is 4.95. The molecule has 0 aromatic heterocycles. The summed E-state index contributed by atoms with van der Waals surface area (Å²) in [5, 5.41) is 3.37. The molecule has 0 unspecified atom stereocenters. The predicted octanol–water partition coefficient (Wildman–Crippen LogP) is 0.302. The van der Waals surface area contributed by atoms with Crippen LogP contribution in [0.2, 0.25) is 0 Å². The van der Waals surface area contributed by atoms with Crippen molar-refractivity contribution in [3.63, 3.8) is 0 Å². The molecule has 10 heavy (non-hydrogen) atoms. The molecule has 0 radical (unpaired) electrons. The summed E-state index contributed by atoms with van der Waals surface area (Å²) in [6.45, 7) is 5.17. The molecule has 2 rings (SSSR count). The van der Waals surface area contributed by atoms with Gasteiger partial charge in [0.15, 0.2) is 0 Å². The second-order valence-electron chi connectivity index (χ2n) is 3.91. The summed E-state index contributed by atoms with van der Waals surface area (Å²) in [6.07, 6.45) is 2.83.